The molecule has 0 aliphatic rings. The van der Waals surface area contributed by atoms with Gasteiger partial charge >= 0.3 is 0 Å². The number of aromatic nitrogens is 3. The molecule has 1 heterocycles. The Hall–Kier alpha value is -3.25. The first-order valence-electron chi connectivity index (χ1n) is 10.5. The van der Waals surface area contributed by atoms with E-state index >= 15 is 0 Å². The number of carbonyl (C=O) groups is 1. The van der Waals surface area contributed by atoms with Gasteiger partial charge in [-0.3, -0.25) is 4.79 Å². The molecule has 0 radical (unpaired) electrons. The smallest absolute Gasteiger partial charge is 0.295 e. The number of halogens is 1. The van der Waals surface area contributed by atoms with E-state index in [1.54, 1.807) is 4.68 Å². The molecular weight excluding hydrogens is 464 g/mol. The SMILES string of the molecule is Cc1ccc(-n2nc(C(=O)Nc3ccc(Br)cc3C(C)C)nc2-c2ccccc2)cc1C. The van der Waals surface area contributed by atoms with Gasteiger partial charge in [0.05, 0.1) is 5.69 Å². The second-order valence-electron chi connectivity index (χ2n) is 8.15. The number of anilines is 1. The Labute approximate surface area is 196 Å². The van der Waals surface area contributed by atoms with Crippen LogP contribution in [-0.4, -0.2) is 20.7 Å². The zero-order valence-corrected chi connectivity index (χ0v) is 20.1. The second kappa shape index (κ2) is 9.09. The highest BCUT2D eigenvalue weighted by molar-refractivity contribution is 9.10. The van der Waals surface area contributed by atoms with Crippen molar-refractivity contribution in [3.05, 3.63) is 93.7 Å². The van der Waals surface area contributed by atoms with Crippen LogP contribution in [0.4, 0.5) is 5.69 Å². The van der Waals surface area contributed by atoms with Crippen molar-refractivity contribution in [2.24, 2.45) is 0 Å². The Morgan fingerprint density at radius 1 is 0.969 bits per heavy atom. The van der Waals surface area contributed by atoms with E-state index in [0.29, 0.717) is 5.82 Å². The van der Waals surface area contributed by atoms with Gasteiger partial charge < -0.3 is 5.32 Å². The Bertz CT molecular complexity index is 1280. The third kappa shape index (κ3) is 4.50. The van der Waals surface area contributed by atoms with Crippen LogP contribution < -0.4 is 5.32 Å². The number of rotatable bonds is 5. The summed E-state index contributed by atoms with van der Waals surface area (Å²) in [6.45, 7) is 8.32. The lowest BCUT2D eigenvalue weighted by Gasteiger charge is -2.13. The summed E-state index contributed by atoms with van der Waals surface area (Å²) in [4.78, 5) is 17.8. The summed E-state index contributed by atoms with van der Waals surface area (Å²) < 4.78 is 2.71. The molecule has 5 nitrogen and oxygen atoms in total. The standard InChI is InChI=1S/C26H25BrN4O/c1-16(2)22-15-20(27)11-13-23(22)28-26(32)24-29-25(19-8-6-5-7-9-19)31(30-24)21-12-10-17(3)18(4)14-21/h5-16H,1-4H3,(H,28,32). The van der Waals surface area contributed by atoms with Gasteiger partial charge in [0.25, 0.3) is 5.91 Å². The summed E-state index contributed by atoms with van der Waals surface area (Å²) in [5, 5.41) is 7.60. The fraction of sp³-hybridized carbons (Fsp3) is 0.192. The van der Waals surface area contributed by atoms with Gasteiger partial charge in [-0.05, 0) is 66.8 Å². The summed E-state index contributed by atoms with van der Waals surface area (Å²) in [6, 6.07) is 21.7. The summed E-state index contributed by atoms with van der Waals surface area (Å²) in [6.07, 6.45) is 0. The lowest BCUT2D eigenvalue weighted by atomic mass is 10.0. The zero-order chi connectivity index (χ0) is 22.8. The second-order valence-corrected chi connectivity index (χ2v) is 9.06. The van der Waals surface area contributed by atoms with Crippen molar-refractivity contribution in [3.63, 3.8) is 0 Å². The molecular formula is C26H25BrN4O. The highest BCUT2D eigenvalue weighted by Crippen LogP contribution is 2.28. The monoisotopic (exact) mass is 488 g/mol. The average molecular weight is 489 g/mol. The van der Waals surface area contributed by atoms with E-state index in [1.165, 1.54) is 5.56 Å². The fourth-order valence-corrected chi connectivity index (χ4v) is 3.90. The zero-order valence-electron chi connectivity index (χ0n) is 18.6. The van der Waals surface area contributed by atoms with Gasteiger partial charge in [-0.1, -0.05) is 66.2 Å². The molecule has 0 unspecified atom stereocenters. The summed E-state index contributed by atoms with van der Waals surface area (Å²) in [5.74, 6) is 0.663. The first-order chi connectivity index (χ1) is 15.3. The lowest BCUT2D eigenvalue weighted by molar-refractivity contribution is 0.101. The van der Waals surface area contributed by atoms with Crippen LogP contribution in [0.5, 0.6) is 0 Å². The number of aryl methyl sites for hydroxylation is 2. The van der Waals surface area contributed by atoms with E-state index in [0.717, 1.165) is 32.5 Å². The first kappa shape index (κ1) is 22.0. The van der Waals surface area contributed by atoms with E-state index in [1.807, 2.05) is 54.6 Å². The van der Waals surface area contributed by atoms with Crippen molar-refractivity contribution in [3.8, 4) is 17.1 Å². The maximum Gasteiger partial charge on any atom is 0.295 e. The molecule has 4 rings (SSSR count). The van der Waals surface area contributed by atoms with Crippen LogP contribution in [0.25, 0.3) is 17.1 Å². The number of hydrogen-bond donors (Lipinski definition) is 1. The summed E-state index contributed by atoms with van der Waals surface area (Å²) in [7, 11) is 0. The topological polar surface area (TPSA) is 59.8 Å². The predicted molar refractivity (Wildman–Crippen MR) is 132 cm³/mol. The van der Waals surface area contributed by atoms with Gasteiger partial charge in [-0.15, -0.1) is 5.10 Å². The van der Waals surface area contributed by atoms with Gasteiger partial charge in [0.1, 0.15) is 0 Å². The molecule has 32 heavy (non-hydrogen) atoms. The Morgan fingerprint density at radius 3 is 2.41 bits per heavy atom. The van der Waals surface area contributed by atoms with E-state index < -0.39 is 0 Å². The maximum absolute atomic E-state index is 13.2. The molecule has 0 fully saturated rings. The van der Waals surface area contributed by atoms with Crippen LogP contribution in [0.1, 0.15) is 47.1 Å². The van der Waals surface area contributed by atoms with Crippen LogP contribution in [-0.2, 0) is 0 Å². The highest BCUT2D eigenvalue weighted by Gasteiger charge is 2.20. The molecule has 4 aromatic rings. The van der Waals surface area contributed by atoms with Crippen LogP contribution in [0, 0.1) is 13.8 Å². The van der Waals surface area contributed by atoms with E-state index in [-0.39, 0.29) is 17.6 Å². The van der Waals surface area contributed by atoms with Crippen molar-refractivity contribution >= 4 is 27.5 Å². The van der Waals surface area contributed by atoms with Gasteiger partial charge in [-0.2, -0.15) is 0 Å². The first-order valence-corrected chi connectivity index (χ1v) is 11.3. The Morgan fingerprint density at radius 2 is 1.72 bits per heavy atom. The number of nitrogens with one attached hydrogen (secondary N) is 1. The van der Waals surface area contributed by atoms with Crippen molar-refractivity contribution in [2.45, 2.75) is 33.6 Å². The average Bonchev–Trinajstić information content (AvgIpc) is 3.23. The van der Waals surface area contributed by atoms with Gasteiger partial charge in [0.2, 0.25) is 5.82 Å². The molecule has 0 atom stereocenters. The molecule has 0 bridgehead atoms. The van der Waals surface area contributed by atoms with Gasteiger partial charge in [0.15, 0.2) is 5.82 Å². The minimum atomic E-state index is -0.339. The molecule has 0 saturated carbocycles. The molecule has 1 amide bonds. The normalized spacial score (nSPS) is 11.1. The summed E-state index contributed by atoms with van der Waals surface area (Å²) in [5.41, 5.74) is 5.92. The Kier molecular flexibility index (Phi) is 6.24. The minimum absolute atomic E-state index is 0.125. The van der Waals surface area contributed by atoms with Crippen molar-refractivity contribution in [2.75, 3.05) is 5.32 Å². The van der Waals surface area contributed by atoms with Crippen LogP contribution in [0.2, 0.25) is 0 Å². The largest absolute Gasteiger partial charge is 0.319 e. The number of amides is 1. The quantitative estimate of drug-likeness (QED) is 0.340. The van der Waals surface area contributed by atoms with Gasteiger partial charge in [-0.25, -0.2) is 9.67 Å². The lowest BCUT2D eigenvalue weighted by Crippen LogP contribution is -2.16. The third-order valence-electron chi connectivity index (χ3n) is 5.46. The van der Waals surface area contributed by atoms with E-state index in [9.17, 15) is 4.79 Å². The Balaban J connectivity index is 1.76. The number of benzene rings is 3. The molecule has 1 aromatic heterocycles. The van der Waals surface area contributed by atoms with Crippen molar-refractivity contribution < 1.29 is 4.79 Å². The maximum atomic E-state index is 13.2. The third-order valence-corrected chi connectivity index (χ3v) is 5.95. The van der Waals surface area contributed by atoms with Crippen molar-refractivity contribution in [1.82, 2.24) is 14.8 Å². The number of hydrogen-bond acceptors (Lipinski definition) is 3. The van der Waals surface area contributed by atoms with Crippen LogP contribution in [0.3, 0.4) is 0 Å². The minimum Gasteiger partial charge on any atom is -0.319 e. The van der Waals surface area contributed by atoms with Crippen molar-refractivity contribution in [1.29, 1.82) is 0 Å². The summed E-state index contributed by atoms with van der Waals surface area (Å²) >= 11 is 3.51. The van der Waals surface area contributed by atoms with Gasteiger partial charge in [0, 0.05) is 15.7 Å². The molecule has 0 aliphatic heterocycles. The molecule has 0 aliphatic carbocycles. The molecule has 1 N–H and O–H groups in total. The highest BCUT2D eigenvalue weighted by atomic mass is 79.9. The van der Waals surface area contributed by atoms with Crippen LogP contribution in [0.15, 0.2) is 71.2 Å². The molecule has 162 valence electrons. The number of carbonyl (C=O) groups excluding carboxylic acids is 1. The number of nitrogens with zero attached hydrogens (tertiary/aromatic N) is 3. The molecule has 6 heteroatoms. The fourth-order valence-electron chi connectivity index (χ4n) is 3.52. The predicted octanol–water partition coefficient (Wildman–Crippen LogP) is 6.69. The molecule has 3 aromatic carbocycles. The molecule has 0 spiro atoms. The van der Waals surface area contributed by atoms with E-state index in [4.69, 9.17) is 0 Å². The van der Waals surface area contributed by atoms with E-state index in [2.05, 4.69) is 71.2 Å². The molecule has 0 saturated heterocycles. The van der Waals surface area contributed by atoms with Crippen LogP contribution >= 0.6 is 15.9 Å².